The molecule has 2 N–H and O–H groups in total. The number of hydrogen-bond acceptors (Lipinski definition) is 6. The van der Waals surface area contributed by atoms with Crippen molar-refractivity contribution in [3.8, 4) is 11.8 Å². The molecule has 0 aliphatic heterocycles. The molecule has 1 atom stereocenters. The maximum atomic E-state index is 12.2. The third-order valence-corrected chi connectivity index (χ3v) is 5.26. The summed E-state index contributed by atoms with van der Waals surface area (Å²) in [6.07, 6.45) is 2.95. The fourth-order valence-electron chi connectivity index (χ4n) is 2.91. The van der Waals surface area contributed by atoms with Crippen molar-refractivity contribution in [1.29, 1.82) is 5.26 Å². The van der Waals surface area contributed by atoms with Crippen LogP contribution < -0.4 is 15.9 Å². The van der Waals surface area contributed by atoms with Crippen molar-refractivity contribution < 1.29 is 4.74 Å². The number of anilines is 1. The van der Waals surface area contributed by atoms with E-state index in [4.69, 9.17) is 22.1 Å². The van der Waals surface area contributed by atoms with Gasteiger partial charge in [-0.3, -0.25) is 4.79 Å². The molecule has 0 spiro atoms. The van der Waals surface area contributed by atoms with E-state index in [-0.39, 0.29) is 22.7 Å². The quantitative estimate of drug-likeness (QED) is 0.652. The first kappa shape index (κ1) is 19.1. The molecule has 0 bridgehead atoms. The minimum Gasteiger partial charge on any atom is -0.492 e. The lowest BCUT2D eigenvalue weighted by atomic mass is 10.0. The van der Waals surface area contributed by atoms with Gasteiger partial charge in [-0.25, -0.2) is 9.97 Å². The fourth-order valence-corrected chi connectivity index (χ4v) is 3.92. The van der Waals surface area contributed by atoms with E-state index >= 15 is 0 Å². The number of rotatable bonds is 4. The summed E-state index contributed by atoms with van der Waals surface area (Å²) in [6, 6.07) is 4.86. The van der Waals surface area contributed by atoms with Crippen molar-refractivity contribution in [2.24, 2.45) is 0 Å². The lowest BCUT2D eigenvalue weighted by Crippen LogP contribution is -2.16. The van der Waals surface area contributed by atoms with Crippen LogP contribution in [0.1, 0.15) is 31.0 Å². The molecule has 0 aliphatic rings. The van der Waals surface area contributed by atoms with Gasteiger partial charge in [-0.2, -0.15) is 5.26 Å². The summed E-state index contributed by atoms with van der Waals surface area (Å²) in [4.78, 5) is 20.4. The van der Waals surface area contributed by atoms with Crippen molar-refractivity contribution in [3.63, 3.8) is 0 Å². The number of fused-ring (bicyclic) bond motifs is 1. The predicted molar refractivity (Wildman–Crippen MR) is 107 cm³/mol. The molecular formula is C18H15BrClN5O2. The molecule has 0 aliphatic carbocycles. The van der Waals surface area contributed by atoms with Crippen LogP contribution in [0.25, 0.3) is 11.0 Å². The number of nitrogen functional groups attached to an aromatic ring is 1. The SMILES string of the molecule is CCOc1c(C(C)n2ccc(=O)c3c(N)ncnc32)cc(Cl)c(C#N)c1Br. The van der Waals surface area contributed by atoms with Gasteiger partial charge in [-0.05, 0) is 35.8 Å². The second kappa shape index (κ2) is 7.55. The van der Waals surface area contributed by atoms with Crippen LogP contribution in [-0.4, -0.2) is 21.1 Å². The molecule has 0 amide bonds. The zero-order chi connectivity index (χ0) is 19.7. The number of benzene rings is 1. The number of aromatic nitrogens is 3. The lowest BCUT2D eigenvalue weighted by molar-refractivity contribution is 0.331. The number of hydrogen-bond donors (Lipinski definition) is 1. The first-order valence-electron chi connectivity index (χ1n) is 8.06. The molecule has 0 saturated carbocycles. The largest absolute Gasteiger partial charge is 0.492 e. The van der Waals surface area contributed by atoms with Gasteiger partial charge >= 0.3 is 0 Å². The fraction of sp³-hybridized carbons (Fsp3) is 0.222. The van der Waals surface area contributed by atoms with Crippen LogP contribution in [0.3, 0.4) is 0 Å². The normalized spacial score (nSPS) is 12.0. The van der Waals surface area contributed by atoms with E-state index in [1.54, 1.807) is 16.8 Å². The predicted octanol–water partition coefficient (Wildman–Crippen LogP) is 3.67. The average Bonchev–Trinajstić information content (AvgIpc) is 2.64. The third-order valence-electron chi connectivity index (χ3n) is 4.20. The molecule has 2 aromatic heterocycles. The number of pyridine rings is 1. The lowest BCUT2D eigenvalue weighted by Gasteiger charge is -2.22. The molecule has 27 heavy (non-hydrogen) atoms. The van der Waals surface area contributed by atoms with Crippen LogP contribution >= 0.6 is 27.5 Å². The van der Waals surface area contributed by atoms with Gasteiger partial charge in [-0.15, -0.1) is 0 Å². The van der Waals surface area contributed by atoms with Crippen molar-refractivity contribution in [1.82, 2.24) is 14.5 Å². The average molecular weight is 449 g/mol. The van der Waals surface area contributed by atoms with Gasteiger partial charge in [0.25, 0.3) is 0 Å². The molecule has 0 radical (unpaired) electrons. The molecule has 1 unspecified atom stereocenters. The second-order valence-electron chi connectivity index (χ2n) is 5.73. The van der Waals surface area contributed by atoms with Gasteiger partial charge in [0.05, 0.1) is 27.7 Å². The van der Waals surface area contributed by atoms with Crippen molar-refractivity contribution in [3.05, 3.63) is 55.5 Å². The smallest absolute Gasteiger partial charge is 0.194 e. The van der Waals surface area contributed by atoms with Crippen LogP contribution in [0, 0.1) is 11.3 Å². The highest BCUT2D eigenvalue weighted by atomic mass is 79.9. The Kier molecular flexibility index (Phi) is 5.35. The van der Waals surface area contributed by atoms with Crippen LogP contribution in [0.15, 0.2) is 33.9 Å². The molecule has 0 saturated heterocycles. The monoisotopic (exact) mass is 447 g/mol. The topological polar surface area (TPSA) is 107 Å². The van der Waals surface area contributed by atoms with Crippen LogP contribution in [0.2, 0.25) is 5.02 Å². The van der Waals surface area contributed by atoms with Crippen molar-refractivity contribution in [2.75, 3.05) is 12.3 Å². The summed E-state index contributed by atoms with van der Waals surface area (Å²) < 4.78 is 8.06. The Hall–Kier alpha value is -2.63. The van der Waals surface area contributed by atoms with E-state index in [1.807, 2.05) is 13.8 Å². The zero-order valence-electron chi connectivity index (χ0n) is 14.5. The Morgan fingerprint density at radius 1 is 1.48 bits per heavy atom. The summed E-state index contributed by atoms with van der Waals surface area (Å²) in [5, 5.41) is 9.90. The Morgan fingerprint density at radius 2 is 2.22 bits per heavy atom. The van der Waals surface area contributed by atoms with Gasteiger partial charge in [0, 0.05) is 17.8 Å². The van der Waals surface area contributed by atoms with Gasteiger partial charge in [0.1, 0.15) is 35.0 Å². The molecule has 138 valence electrons. The van der Waals surface area contributed by atoms with E-state index < -0.39 is 0 Å². The zero-order valence-corrected chi connectivity index (χ0v) is 16.9. The standard InChI is InChI=1S/C18H15BrClN5O2/c1-3-27-16-10(6-12(20)11(7-21)15(16)19)9(2)25-5-4-13(26)14-17(22)23-8-24-18(14)25/h4-6,8-9H,3H2,1-2H3,(H2,22,23,24). The number of nitrogens with zero attached hydrogens (tertiary/aromatic N) is 4. The highest BCUT2D eigenvalue weighted by Gasteiger charge is 2.23. The number of nitrogens with two attached hydrogens (primary N) is 1. The third kappa shape index (κ3) is 3.24. The van der Waals surface area contributed by atoms with E-state index in [1.165, 1.54) is 12.4 Å². The van der Waals surface area contributed by atoms with Gasteiger partial charge in [-0.1, -0.05) is 11.6 Å². The van der Waals surface area contributed by atoms with E-state index in [0.29, 0.717) is 33.1 Å². The number of ether oxygens (including phenoxy) is 1. The number of halogens is 2. The Bertz CT molecular complexity index is 1140. The van der Waals surface area contributed by atoms with Crippen molar-refractivity contribution >= 4 is 44.4 Å². The summed E-state index contributed by atoms with van der Waals surface area (Å²) in [7, 11) is 0. The first-order chi connectivity index (χ1) is 12.9. The summed E-state index contributed by atoms with van der Waals surface area (Å²) in [5.41, 5.74) is 7.05. The molecule has 2 heterocycles. The van der Waals surface area contributed by atoms with E-state index in [2.05, 4.69) is 32.0 Å². The van der Waals surface area contributed by atoms with Crippen LogP contribution in [0.5, 0.6) is 5.75 Å². The Morgan fingerprint density at radius 3 is 2.89 bits per heavy atom. The summed E-state index contributed by atoms with van der Waals surface area (Å²) >= 11 is 9.72. The molecule has 3 rings (SSSR count). The molecule has 3 aromatic rings. The van der Waals surface area contributed by atoms with Crippen molar-refractivity contribution in [2.45, 2.75) is 19.9 Å². The maximum absolute atomic E-state index is 12.2. The maximum Gasteiger partial charge on any atom is 0.194 e. The van der Waals surface area contributed by atoms with Gasteiger partial charge in [0.15, 0.2) is 5.43 Å². The Balaban J connectivity index is 2.29. The Labute approximate surface area is 168 Å². The summed E-state index contributed by atoms with van der Waals surface area (Å²) in [5.74, 6) is 0.635. The second-order valence-corrected chi connectivity index (χ2v) is 6.93. The molecule has 0 fully saturated rings. The van der Waals surface area contributed by atoms with E-state index in [0.717, 1.165) is 5.56 Å². The minimum absolute atomic E-state index is 0.121. The minimum atomic E-state index is -0.314. The van der Waals surface area contributed by atoms with Crippen LogP contribution in [0.4, 0.5) is 5.82 Å². The van der Waals surface area contributed by atoms with Gasteiger partial charge in [0.2, 0.25) is 0 Å². The molecular weight excluding hydrogens is 434 g/mol. The highest BCUT2D eigenvalue weighted by molar-refractivity contribution is 9.10. The molecule has 7 nitrogen and oxygen atoms in total. The summed E-state index contributed by atoms with van der Waals surface area (Å²) in [6.45, 7) is 4.17. The molecule has 1 aromatic carbocycles. The first-order valence-corrected chi connectivity index (χ1v) is 9.23. The van der Waals surface area contributed by atoms with Gasteiger partial charge < -0.3 is 15.0 Å². The molecule has 9 heteroatoms. The van der Waals surface area contributed by atoms with E-state index in [9.17, 15) is 10.1 Å². The highest BCUT2D eigenvalue weighted by Crippen LogP contribution is 2.41. The number of nitriles is 1. The van der Waals surface area contributed by atoms with Crippen LogP contribution in [-0.2, 0) is 0 Å².